The van der Waals surface area contributed by atoms with Crippen molar-refractivity contribution in [3.8, 4) is 0 Å². The number of ether oxygens (including phenoxy) is 1. The van der Waals surface area contributed by atoms with Crippen molar-refractivity contribution in [1.29, 1.82) is 0 Å². The summed E-state index contributed by atoms with van der Waals surface area (Å²) < 4.78 is 6.72. The third-order valence-corrected chi connectivity index (χ3v) is 3.35. The third kappa shape index (κ3) is 3.74. The van der Waals surface area contributed by atoms with E-state index in [1.165, 1.54) is 4.68 Å². The second-order valence-corrected chi connectivity index (χ2v) is 6.38. The largest absolute Gasteiger partial charge is 0.479 e. The zero-order valence-electron chi connectivity index (χ0n) is 12.5. The minimum atomic E-state index is -1.38. The minimum absolute atomic E-state index is 0.0826. The Labute approximate surface area is 123 Å². The van der Waals surface area contributed by atoms with Crippen LogP contribution in [0.4, 0.5) is 4.79 Å². The summed E-state index contributed by atoms with van der Waals surface area (Å²) in [6.07, 6.45) is 4.07. The molecule has 0 aliphatic heterocycles. The molecule has 2 rings (SSSR count). The first-order chi connectivity index (χ1) is 9.73. The predicted molar refractivity (Wildman–Crippen MR) is 74.7 cm³/mol. The number of carboxylic acids is 1. The van der Waals surface area contributed by atoms with Crippen LogP contribution in [0, 0.1) is 5.92 Å². The molecule has 1 unspecified atom stereocenters. The van der Waals surface area contributed by atoms with E-state index >= 15 is 0 Å². The van der Waals surface area contributed by atoms with Gasteiger partial charge in [0.05, 0.1) is 6.54 Å². The summed E-state index contributed by atoms with van der Waals surface area (Å²) in [6, 6.07) is 1.72. The van der Waals surface area contributed by atoms with Crippen molar-refractivity contribution in [2.45, 2.75) is 51.3 Å². The monoisotopic (exact) mass is 295 g/mol. The Morgan fingerprint density at radius 1 is 1.43 bits per heavy atom. The molecule has 0 radical (unpaired) electrons. The molecule has 1 heterocycles. The lowest BCUT2D eigenvalue weighted by Gasteiger charge is -2.31. The smallest absolute Gasteiger partial charge is 0.408 e. The molecule has 0 bridgehead atoms. The van der Waals surface area contributed by atoms with Crippen molar-refractivity contribution in [1.82, 2.24) is 15.1 Å². The second-order valence-electron chi connectivity index (χ2n) is 6.38. The number of hydrogen-bond acceptors (Lipinski definition) is 4. The Balaban J connectivity index is 2.19. The second kappa shape index (κ2) is 5.38. The van der Waals surface area contributed by atoms with Gasteiger partial charge in [-0.3, -0.25) is 4.68 Å². The fourth-order valence-corrected chi connectivity index (χ4v) is 2.28. The molecule has 1 aliphatic carbocycles. The Bertz CT molecular complexity index is 517. The van der Waals surface area contributed by atoms with Gasteiger partial charge in [-0.2, -0.15) is 5.10 Å². The zero-order chi connectivity index (χ0) is 15.7. The quantitative estimate of drug-likeness (QED) is 0.861. The van der Waals surface area contributed by atoms with Crippen LogP contribution in [0.1, 0.15) is 33.6 Å². The first-order valence-corrected chi connectivity index (χ1v) is 6.95. The molecule has 1 saturated carbocycles. The highest BCUT2D eigenvalue weighted by atomic mass is 16.6. The van der Waals surface area contributed by atoms with Crippen LogP contribution < -0.4 is 5.32 Å². The number of rotatable bonds is 5. The minimum Gasteiger partial charge on any atom is -0.479 e. The van der Waals surface area contributed by atoms with Crippen molar-refractivity contribution in [2.75, 3.05) is 0 Å². The lowest BCUT2D eigenvalue weighted by Crippen LogP contribution is -2.59. The highest BCUT2D eigenvalue weighted by Gasteiger charge is 2.53. The van der Waals surface area contributed by atoms with E-state index in [4.69, 9.17) is 4.74 Å². The van der Waals surface area contributed by atoms with Gasteiger partial charge in [-0.15, -0.1) is 0 Å². The molecule has 7 heteroatoms. The summed E-state index contributed by atoms with van der Waals surface area (Å²) in [5.74, 6) is -1.17. The number of carbonyl (C=O) groups excluding carboxylic acids is 1. The molecule has 0 aromatic carbocycles. The topological polar surface area (TPSA) is 93.5 Å². The number of alkyl carbamates (subject to hydrolysis) is 1. The van der Waals surface area contributed by atoms with E-state index in [0.717, 1.165) is 12.8 Å². The summed E-state index contributed by atoms with van der Waals surface area (Å²) in [5, 5.41) is 16.3. The molecular formula is C14H21N3O4. The van der Waals surface area contributed by atoms with Gasteiger partial charge in [0.15, 0.2) is 5.54 Å². The molecule has 1 fully saturated rings. The molecule has 116 valence electrons. The Morgan fingerprint density at radius 3 is 2.52 bits per heavy atom. The van der Waals surface area contributed by atoms with E-state index in [1.807, 2.05) is 0 Å². The maximum Gasteiger partial charge on any atom is 0.408 e. The number of aliphatic carboxylic acids is 1. The number of nitrogens with zero attached hydrogens (tertiary/aromatic N) is 2. The molecule has 1 aliphatic rings. The first-order valence-electron chi connectivity index (χ1n) is 6.95. The average Bonchev–Trinajstić information content (AvgIpc) is 3.06. The molecule has 21 heavy (non-hydrogen) atoms. The van der Waals surface area contributed by atoms with E-state index in [1.54, 1.807) is 39.2 Å². The number of hydrogen-bond donors (Lipinski definition) is 2. The van der Waals surface area contributed by atoms with Crippen molar-refractivity contribution >= 4 is 12.1 Å². The van der Waals surface area contributed by atoms with E-state index in [2.05, 4.69) is 10.4 Å². The van der Waals surface area contributed by atoms with Crippen LogP contribution in [0.15, 0.2) is 18.5 Å². The lowest BCUT2D eigenvalue weighted by molar-refractivity contribution is -0.146. The van der Waals surface area contributed by atoms with Gasteiger partial charge in [0.2, 0.25) is 0 Å². The van der Waals surface area contributed by atoms with Crippen LogP contribution in [0.3, 0.4) is 0 Å². The fourth-order valence-electron chi connectivity index (χ4n) is 2.28. The SMILES string of the molecule is CC(C)(C)OC(=O)NC(Cn1cccn1)(C(=O)O)C1CC1. The van der Waals surface area contributed by atoms with E-state index < -0.39 is 23.2 Å². The molecule has 1 aromatic heterocycles. The number of carboxylic acid groups (broad SMARTS) is 1. The van der Waals surface area contributed by atoms with Crippen molar-refractivity contribution in [2.24, 2.45) is 5.92 Å². The van der Waals surface area contributed by atoms with Gasteiger partial charge in [0.1, 0.15) is 5.60 Å². The van der Waals surface area contributed by atoms with Gasteiger partial charge in [-0.05, 0) is 45.6 Å². The van der Waals surface area contributed by atoms with Gasteiger partial charge in [0.25, 0.3) is 0 Å². The van der Waals surface area contributed by atoms with E-state index in [-0.39, 0.29) is 12.5 Å². The summed E-state index contributed by atoms with van der Waals surface area (Å²) in [7, 11) is 0. The summed E-state index contributed by atoms with van der Waals surface area (Å²) in [4.78, 5) is 23.8. The number of aromatic nitrogens is 2. The van der Waals surface area contributed by atoms with Crippen LogP contribution in [0.2, 0.25) is 0 Å². The molecular weight excluding hydrogens is 274 g/mol. The lowest BCUT2D eigenvalue weighted by atomic mass is 9.93. The van der Waals surface area contributed by atoms with Gasteiger partial charge in [-0.1, -0.05) is 0 Å². The number of amides is 1. The Kier molecular flexibility index (Phi) is 3.93. The van der Waals surface area contributed by atoms with Crippen LogP contribution in [-0.2, 0) is 16.1 Å². The highest BCUT2D eigenvalue weighted by Crippen LogP contribution is 2.41. The fraction of sp³-hybridized carbons (Fsp3) is 0.643. The average molecular weight is 295 g/mol. The van der Waals surface area contributed by atoms with Crippen molar-refractivity contribution < 1.29 is 19.4 Å². The number of nitrogens with one attached hydrogen (secondary N) is 1. The van der Waals surface area contributed by atoms with Gasteiger partial charge >= 0.3 is 12.1 Å². The Hall–Kier alpha value is -2.05. The molecule has 0 saturated heterocycles. The molecule has 1 atom stereocenters. The van der Waals surface area contributed by atoms with Gasteiger partial charge in [0, 0.05) is 12.4 Å². The standard InChI is InChI=1S/C14H21N3O4/c1-13(2,3)21-12(20)16-14(11(18)19,10-5-6-10)9-17-8-4-7-15-17/h4,7-8,10H,5-6,9H2,1-3H3,(H,16,20)(H,18,19). The predicted octanol–water partition coefficient (Wildman–Crippen LogP) is 1.64. The number of carbonyl (C=O) groups is 2. The summed E-state index contributed by atoms with van der Waals surface area (Å²) in [5.41, 5.74) is -2.06. The molecule has 2 N–H and O–H groups in total. The first kappa shape index (κ1) is 15.3. The van der Waals surface area contributed by atoms with Gasteiger partial charge < -0.3 is 15.2 Å². The van der Waals surface area contributed by atoms with E-state index in [0.29, 0.717) is 0 Å². The van der Waals surface area contributed by atoms with Crippen LogP contribution in [0.25, 0.3) is 0 Å². The normalized spacial score (nSPS) is 17.9. The van der Waals surface area contributed by atoms with Gasteiger partial charge in [-0.25, -0.2) is 9.59 Å². The molecule has 1 aromatic rings. The van der Waals surface area contributed by atoms with Crippen LogP contribution in [-0.4, -0.2) is 38.1 Å². The molecule has 7 nitrogen and oxygen atoms in total. The van der Waals surface area contributed by atoms with Crippen LogP contribution in [0.5, 0.6) is 0 Å². The van der Waals surface area contributed by atoms with Crippen molar-refractivity contribution in [3.05, 3.63) is 18.5 Å². The molecule has 1 amide bonds. The van der Waals surface area contributed by atoms with Crippen LogP contribution >= 0.6 is 0 Å². The summed E-state index contributed by atoms with van der Waals surface area (Å²) in [6.45, 7) is 5.29. The summed E-state index contributed by atoms with van der Waals surface area (Å²) >= 11 is 0. The maximum atomic E-state index is 12.0. The third-order valence-electron chi connectivity index (χ3n) is 3.35. The molecule has 0 spiro atoms. The van der Waals surface area contributed by atoms with Crippen molar-refractivity contribution in [3.63, 3.8) is 0 Å². The maximum absolute atomic E-state index is 12.0. The highest BCUT2D eigenvalue weighted by molar-refractivity contribution is 5.85. The Morgan fingerprint density at radius 2 is 2.10 bits per heavy atom. The zero-order valence-corrected chi connectivity index (χ0v) is 12.5. The van der Waals surface area contributed by atoms with E-state index in [9.17, 15) is 14.7 Å².